The van der Waals surface area contributed by atoms with Crippen LogP contribution >= 0.6 is 0 Å². The van der Waals surface area contributed by atoms with E-state index in [0.29, 0.717) is 6.54 Å². The zero-order valence-corrected chi connectivity index (χ0v) is 21.4. The molecule has 1 fully saturated rings. The average molecular weight is 499 g/mol. The maximum atomic E-state index is 14.2. The van der Waals surface area contributed by atoms with Crippen LogP contribution < -0.4 is 0 Å². The molecule has 0 unspecified atom stereocenters. The maximum Gasteiger partial charge on any atom is 0.254 e. The molecule has 6 rings (SSSR count). The van der Waals surface area contributed by atoms with Crippen LogP contribution in [0.15, 0.2) is 78.4 Å². The Morgan fingerprint density at radius 2 is 1.57 bits per heavy atom. The SMILES string of the molecule is CN(C)C1(c2ccccc2)CCC2(CC1)C1=C(CCN2C(=O)c2ccc(F)c(F)c2)c2ccccc2C1. The van der Waals surface area contributed by atoms with Gasteiger partial charge >= 0.3 is 0 Å². The minimum atomic E-state index is -0.982. The molecule has 3 nitrogen and oxygen atoms in total. The Morgan fingerprint density at radius 1 is 0.865 bits per heavy atom. The summed E-state index contributed by atoms with van der Waals surface area (Å²) in [6, 6.07) is 22.8. The van der Waals surface area contributed by atoms with E-state index in [1.807, 2.05) is 11.0 Å². The van der Waals surface area contributed by atoms with Crippen LogP contribution in [0.5, 0.6) is 0 Å². The molecule has 0 radical (unpaired) electrons. The average Bonchev–Trinajstić information content (AvgIpc) is 3.31. The molecule has 2 aliphatic carbocycles. The van der Waals surface area contributed by atoms with Gasteiger partial charge in [-0.25, -0.2) is 8.78 Å². The van der Waals surface area contributed by atoms with Gasteiger partial charge in [0.05, 0.1) is 5.54 Å². The molecule has 0 aromatic heterocycles. The van der Waals surface area contributed by atoms with E-state index < -0.39 is 17.2 Å². The first-order valence-electron chi connectivity index (χ1n) is 13.2. The highest BCUT2D eigenvalue weighted by Gasteiger charge is 2.53. The van der Waals surface area contributed by atoms with E-state index in [2.05, 4.69) is 67.5 Å². The van der Waals surface area contributed by atoms with Gasteiger partial charge in [-0.3, -0.25) is 9.69 Å². The molecule has 0 bridgehead atoms. The lowest BCUT2D eigenvalue weighted by atomic mass is 9.63. The van der Waals surface area contributed by atoms with Crippen molar-refractivity contribution in [3.05, 3.63) is 112 Å². The quantitative estimate of drug-likeness (QED) is 0.407. The van der Waals surface area contributed by atoms with E-state index in [1.54, 1.807) is 0 Å². The summed E-state index contributed by atoms with van der Waals surface area (Å²) in [6.07, 6.45) is 5.07. The molecule has 0 saturated heterocycles. The van der Waals surface area contributed by atoms with Crippen molar-refractivity contribution < 1.29 is 13.6 Å². The third kappa shape index (κ3) is 3.66. The molecule has 3 aromatic carbocycles. The molecular weight excluding hydrogens is 466 g/mol. The van der Waals surface area contributed by atoms with Crippen molar-refractivity contribution in [3.63, 3.8) is 0 Å². The number of carbonyl (C=O) groups excluding carboxylic acids is 1. The number of amides is 1. The molecule has 3 aliphatic rings. The van der Waals surface area contributed by atoms with E-state index >= 15 is 0 Å². The number of fused-ring (bicyclic) bond motifs is 3. The predicted octanol–water partition coefficient (Wildman–Crippen LogP) is 6.59. The topological polar surface area (TPSA) is 23.6 Å². The summed E-state index contributed by atoms with van der Waals surface area (Å²) in [5, 5.41) is 0. The number of hydrogen-bond acceptors (Lipinski definition) is 2. The van der Waals surface area contributed by atoms with Gasteiger partial charge in [-0.05, 0) is 98.7 Å². The summed E-state index contributed by atoms with van der Waals surface area (Å²) in [6.45, 7) is 0.575. The molecule has 3 aromatic rings. The van der Waals surface area contributed by atoms with E-state index in [4.69, 9.17) is 0 Å². The number of carbonyl (C=O) groups is 1. The van der Waals surface area contributed by atoms with Crippen molar-refractivity contribution in [2.24, 2.45) is 0 Å². The van der Waals surface area contributed by atoms with Gasteiger partial charge in [0, 0.05) is 17.6 Å². The number of halogens is 2. The van der Waals surface area contributed by atoms with Crippen LogP contribution in [0.3, 0.4) is 0 Å². The highest BCUT2D eigenvalue weighted by molar-refractivity contribution is 5.96. The lowest BCUT2D eigenvalue weighted by molar-refractivity contribution is 0.00720. The van der Waals surface area contributed by atoms with Crippen LogP contribution in [0.25, 0.3) is 5.57 Å². The zero-order valence-electron chi connectivity index (χ0n) is 21.4. The second-order valence-corrected chi connectivity index (χ2v) is 11.0. The van der Waals surface area contributed by atoms with E-state index in [-0.39, 0.29) is 17.0 Å². The van der Waals surface area contributed by atoms with Gasteiger partial charge in [0.1, 0.15) is 0 Å². The Balaban J connectivity index is 1.43. The Bertz CT molecular complexity index is 1390. The van der Waals surface area contributed by atoms with Crippen LogP contribution in [0.4, 0.5) is 8.78 Å². The molecule has 1 aliphatic heterocycles. The Morgan fingerprint density at radius 3 is 2.27 bits per heavy atom. The maximum absolute atomic E-state index is 14.2. The summed E-state index contributed by atoms with van der Waals surface area (Å²) in [7, 11) is 4.29. The molecule has 1 spiro atoms. The Labute approximate surface area is 217 Å². The van der Waals surface area contributed by atoms with Gasteiger partial charge in [-0.2, -0.15) is 0 Å². The summed E-state index contributed by atoms with van der Waals surface area (Å²) in [5.41, 5.74) is 6.30. The van der Waals surface area contributed by atoms with Gasteiger partial charge in [-0.15, -0.1) is 0 Å². The van der Waals surface area contributed by atoms with Gasteiger partial charge < -0.3 is 4.90 Å². The summed E-state index contributed by atoms with van der Waals surface area (Å²) in [4.78, 5) is 18.3. The molecule has 37 heavy (non-hydrogen) atoms. The first kappa shape index (κ1) is 24.1. The third-order valence-electron chi connectivity index (χ3n) is 9.22. The van der Waals surface area contributed by atoms with E-state index in [9.17, 15) is 13.6 Å². The summed E-state index contributed by atoms with van der Waals surface area (Å²) in [5.74, 6) is -2.12. The van der Waals surface area contributed by atoms with Gasteiger partial charge in [0.25, 0.3) is 5.91 Å². The van der Waals surface area contributed by atoms with Crippen LogP contribution in [0.2, 0.25) is 0 Å². The fraction of sp³-hybridized carbons (Fsp3) is 0.344. The fourth-order valence-electron chi connectivity index (χ4n) is 7.23. The van der Waals surface area contributed by atoms with Crippen LogP contribution in [0, 0.1) is 11.6 Å². The van der Waals surface area contributed by atoms with Crippen molar-refractivity contribution in [3.8, 4) is 0 Å². The molecule has 1 heterocycles. The fourth-order valence-corrected chi connectivity index (χ4v) is 7.23. The molecule has 190 valence electrons. The first-order valence-corrected chi connectivity index (χ1v) is 13.2. The highest BCUT2D eigenvalue weighted by atomic mass is 19.2. The smallest absolute Gasteiger partial charge is 0.254 e. The normalized spacial score (nSPS) is 24.9. The Kier molecular flexibility index (Phi) is 5.79. The van der Waals surface area contributed by atoms with Gasteiger partial charge in [0.15, 0.2) is 11.6 Å². The van der Waals surface area contributed by atoms with E-state index in [0.717, 1.165) is 50.7 Å². The molecule has 5 heteroatoms. The lowest BCUT2D eigenvalue weighted by Gasteiger charge is -2.56. The monoisotopic (exact) mass is 498 g/mol. The van der Waals surface area contributed by atoms with Crippen molar-refractivity contribution in [1.29, 1.82) is 0 Å². The van der Waals surface area contributed by atoms with Crippen molar-refractivity contribution in [1.82, 2.24) is 9.80 Å². The molecule has 1 amide bonds. The summed E-state index contributed by atoms with van der Waals surface area (Å²) < 4.78 is 27.8. The molecule has 0 atom stereocenters. The molecule has 1 saturated carbocycles. The molecular formula is C32H32F2N2O. The Hall–Kier alpha value is -3.31. The van der Waals surface area contributed by atoms with Crippen LogP contribution in [-0.2, 0) is 12.0 Å². The van der Waals surface area contributed by atoms with Gasteiger partial charge in [0.2, 0.25) is 0 Å². The van der Waals surface area contributed by atoms with Crippen molar-refractivity contribution in [2.75, 3.05) is 20.6 Å². The number of benzene rings is 3. The molecule has 0 N–H and O–H groups in total. The van der Waals surface area contributed by atoms with Crippen molar-refractivity contribution in [2.45, 2.75) is 49.6 Å². The third-order valence-corrected chi connectivity index (χ3v) is 9.22. The zero-order chi connectivity index (χ0) is 25.8. The minimum absolute atomic E-state index is 0.118. The predicted molar refractivity (Wildman–Crippen MR) is 142 cm³/mol. The number of hydrogen-bond donors (Lipinski definition) is 0. The number of rotatable bonds is 3. The largest absolute Gasteiger partial charge is 0.329 e. The van der Waals surface area contributed by atoms with E-state index in [1.165, 1.54) is 33.9 Å². The highest BCUT2D eigenvalue weighted by Crippen LogP contribution is 2.55. The van der Waals surface area contributed by atoms with Crippen molar-refractivity contribution >= 4 is 11.5 Å². The van der Waals surface area contributed by atoms with Crippen LogP contribution in [-0.4, -0.2) is 41.9 Å². The standard InChI is InChI=1S/C32H32F2N2O/c1-35(2)31(24-9-4-3-5-10-24)15-17-32(18-16-31)27-20-22-8-6-7-11-25(22)26(27)14-19-36(32)30(37)23-12-13-28(33)29(34)21-23/h3-13,21H,14-20H2,1-2H3. The number of nitrogens with zero attached hydrogens (tertiary/aromatic N) is 2. The van der Waals surface area contributed by atoms with Crippen LogP contribution in [0.1, 0.15) is 59.2 Å². The second-order valence-electron chi connectivity index (χ2n) is 11.0. The minimum Gasteiger partial charge on any atom is -0.329 e. The lowest BCUT2D eigenvalue weighted by Crippen LogP contribution is -2.60. The summed E-state index contributed by atoms with van der Waals surface area (Å²) >= 11 is 0. The second kappa shape index (κ2) is 8.91. The first-order chi connectivity index (χ1) is 17.9. The van der Waals surface area contributed by atoms with Gasteiger partial charge in [-0.1, -0.05) is 54.6 Å².